The van der Waals surface area contributed by atoms with Gasteiger partial charge in [0.25, 0.3) is 0 Å². The predicted molar refractivity (Wildman–Crippen MR) is 108 cm³/mol. The summed E-state index contributed by atoms with van der Waals surface area (Å²) in [5.74, 6) is 0.663. The Labute approximate surface area is 162 Å². The molecule has 1 aliphatic rings. The van der Waals surface area contributed by atoms with Gasteiger partial charge in [0.15, 0.2) is 9.84 Å². The summed E-state index contributed by atoms with van der Waals surface area (Å²) in [6, 6.07) is 15.6. The topological polar surface area (TPSA) is 58.6 Å². The zero-order chi connectivity index (χ0) is 19.3. The van der Waals surface area contributed by atoms with Crippen molar-refractivity contribution in [1.82, 2.24) is 10.2 Å². The highest BCUT2D eigenvalue weighted by molar-refractivity contribution is 7.91. The van der Waals surface area contributed by atoms with E-state index >= 15 is 0 Å². The number of sulfone groups is 1. The van der Waals surface area contributed by atoms with Crippen LogP contribution in [-0.2, 0) is 16.3 Å². The molecule has 5 nitrogen and oxygen atoms in total. The van der Waals surface area contributed by atoms with Gasteiger partial charge in [-0.25, -0.2) is 8.42 Å². The van der Waals surface area contributed by atoms with Crippen molar-refractivity contribution in [3.63, 3.8) is 0 Å². The Morgan fingerprint density at radius 2 is 1.96 bits per heavy atom. The maximum absolute atomic E-state index is 12.8. The molecule has 1 atom stereocenters. The highest BCUT2D eigenvalue weighted by atomic mass is 32.2. The number of rotatable bonds is 7. The summed E-state index contributed by atoms with van der Waals surface area (Å²) in [5, 5.41) is 3.43. The third-order valence-corrected chi connectivity index (χ3v) is 6.87. The molecule has 1 heterocycles. The van der Waals surface area contributed by atoms with Crippen molar-refractivity contribution < 1.29 is 13.2 Å². The van der Waals surface area contributed by atoms with E-state index in [0.717, 1.165) is 26.1 Å². The van der Waals surface area contributed by atoms with Crippen molar-refractivity contribution in [2.75, 3.05) is 39.0 Å². The van der Waals surface area contributed by atoms with Gasteiger partial charge in [-0.15, -0.1) is 0 Å². The van der Waals surface area contributed by atoms with Crippen LogP contribution in [0.3, 0.4) is 0 Å². The molecule has 1 unspecified atom stereocenters. The van der Waals surface area contributed by atoms with Gasteiger partial charge in [0.2, 0.25) is 0 Å². The van der Waals surface area contributed by atoms with Gasteiger partial charge in [0, 0.05) is 32.2 Å². The molecule has 0 aliphatic carbocycles. The lowest BCUT2D eigenvalue weighted by Crippen LogP contribution is -2.47. The van der Waals surface area contributed by atoms with Crippen LogP contribution in [0.5, 0.6) is 5.75 Å². The molecule has 6 heteroatoms. The van der Waals surface area contributed by atoms with Crippen LogP contribution < -0.4 is 10.1 Å². The monoisotopic (exact) mass is 388 g/mol. The molecule has 0 bridgehead atoms. The van der Waals surface area contributed by atoms with E-state index in [2.05, 4.69) is 41.4 Å². The summed E-state index contributed by atoms with van der Waals surface area (Å²) in [6.07, 6.45) is 1.02. The maximum Gasteiger partial charge on any atom is 0.179 e. The first-order chi connectivity index (χ1) is 13.0. The summed E-state index contributed by atoms with van der Waals surface area (Å²) >= 11 is 0. The molecule has 0 aromatic heterocycles. The molecular formula is C21H28N2O3S. The van der Waals surface area contributed by atoms with Gasteiger partial charge in [0.1, 0.15) is 5.75 Å². The van der Waals surface area contributed by atoms with Gasteiger partial charge >= 0.3 is 0 Å². The van der Waals surface area contributed by atoms with Crippen molar-refractivity contribution in [2.45, 2.75) is 24.3 Å². The largest absolute Gasteiger partial charge is 0.497 e. The van der Waals surface area contributed by atoms with Crippen LogP contribution in [0, 0.1) is 0 Å². The van der Waals surface area contributed by atoms with E-state index < -0.39 is 9.84 Å². The van der Waals surface area contributed by atoms with Gasteiger partial charge in [0.05, 0.1) is 17.8 Å². The molecule has 0 radical (unpaired) electrons. The predicted octanol–water partition coefficient (Wildman–Crippen LogP) is 2.68. The first-order valence-electron chi connectivity index (χ1n) is 9.44. The van der Waals surface area contributed by atoms with Crippen molar-refractivity contribution in [3.05, 3.63) is 59.7 Å². The van der Waals surface area contributed by atoms with E-state index in [1.807, 2.05) is 0 Å². The van der Waals surface area contributed by atoms with Gasteiger partial charge in [-0.2, -0.15) is 0 Å². The zero-order valence-electron chi connectivity index (χ0n) is 16.0. The van der Waals surface area contributed by atoms with Crippen molar-refractivity contribution >= 4 is 9.84 Å². The van der Waals surface area contributed by atoms with Crippen molar-refractivity contribution in [1.29, 1.82) is 0 Å². The quantitative estimate of drug-likeness (QED) is 0.790. The Balaban J connectivity index is 1.72. The molecular weight excluding hydrogens is 360 g/mol. The van der Waals surface area contributed by atoms with Crippen LogP contribution in [0.25, 0.3) is 0 Å². The van der Waals surface area contributed by atoms with E-state index in [4.69, 9.17) is 4.74 Å². The fraction of sp³-hybridized carbons (Fsp3) is 0.429. The lowest BCUT2D eigenvalue weighted by Gasteiger charge is -2.36. The van der Waals surface area contributed by atoms with Crippen LogP contribution >= 0.6 is 0 Å². The fourth-order valence-electron chi connectivity index (χ4n) is 3.47. The summed E-state index contributed by atoms with van der Waals surface area (Å²) in [7, 11) is -1.81. The Bertz CT molecular complexity index is 850. The highest BCUT2D eigenvalue weighted by Gasteiger charge is 2.26. The Kier molecular flexibility index (Phi) is 6.52. The molecule has 27 heavy (non-hydrogen) atoms. The van der Waals surface area contributed by atoms with Crippen LogP contribution in [0.1, 0.15) is 24.1 Å². The van der Waals surface area contributed by atoms with E-state index in [9.17, 15) is 8.42 Å². The summed E-state index contributed by atoms with van der Waals surface area (Å²) < 4.78 is 30.7. The number of hydrogen-bond acceptors (Lipinski definition) is 5. The smallest absolute Gasteiger partial charge is 0.179 e. The number of ether oxygens (including phenoxy) is 1. The van der Waals surface area contributed by atoms with Crippen molar-refractivity contribution in [3.8, 4) is 5.75 Å². The number of nitrogens with zero attached hydrogens (tertiary/aromatic N) is 1. The Morgan fingerprint density at radius 1 is 1.19 bits per heavy atom. The van der Waals surface area contributed by atoms with Crippen molar-refractivity contribution in [2.24, 2.45) is 0 Å². The summed E-state index contributed by atoms with van der Waals surface area (Å²) in [4.78, 5) is 2.59. The number of nitrogens with one attached hydrogen (secondary N) is 1. The Morgan fingerprint density at radius 3 is 2.67 bits per heavy atom. The van der Waals surface area contributed by atoms with Gasteiger partial charge in [-0.3, -0.25) is 4.90 Å². The van der Waals surface area contributed by atoms with Crippen LogP contribution in [-0.4, -0.2) is 52.4 Å². The minimum absolute atomic E-state index is 0.101. The van der Waals surface area contributed by atoms with Gasteiger partial charge < -0.3 is 10.1 Å². The average Bonchev–Trinajstić information content (AvgIpc) is 2.72. The minimum atomic E-state index is -3.35. The number of hydrogen-bond donors (Lipinski definition) is 1. The number of benzene rings is 2. The average molecular weight is 389 g/mol. The molecule has 146 valence electrons. The first-order valence-corrected chi connectivity index (χ1v) is 11.1. The molecule has 0 spiro atoms. The third-order valence-electron chi connectivity index (χ3n) is 5.17. The number of aryl methyl sites for hydroxylation is 1. The molecule has 2 aromatic carbocycles. The zero-order valence-corrected chi connectivity index (χ0v) is 16.8. The van der Waals surface area contributed by atoms with Crippen LogP contribution in [0.15, 0.2) is 53.4 Å². The number of piperazine rings is 1. The van der Waals surface area contributed by atoms with Crippen LogP contribution in [0.4, 0.5) is 0 Å². The van der Waals surface area contributed by atoms with Gasteiger partial charge in [-0.1, -0.05) is 37.3 Å². The van der Waals surface area contributed by atoms with E-state index in [-0.39, 0.29) is 11.8 Å². The highest BCUT2D eigenvalue weighted by Crippen LogP contribution is 2.24. The van der Waals surface area contributed by atoms with E-state index in [1.54, 1.807) is 31.4 Å². The molecule has 1 fully saturated rings. The molecule has 2 aromatic rings. The normalized spacial score (nSPS) is 18.4. The molecule has 0 amide bonds. The number of methoxy groups -OCH3 is 1. The second kappa shape index (κ2) is 8.87. The molecule has 1 N–H and O–H groups in total. The second-order valence-electron chi connectivity index (χ2n) is 6.85. The standard InChI is InChI=1S/C21H28N2O3S/c1-3-17-7-9-18(10-8-17)21-16-22-11-12-23(21)13-14-27(24,25)20-6-4-5-19(15-20)26-2/h4-10,15,21-22H,3,11-14,16H2,1-2H3. The molecule has 1 saturated heterocycles. The summed E-state index contributed by atoms with van der Waals surface area (Å²) in [6.45, 7) is 5.22. The van der Waals surface area contributed by atoms with Crippen LogP contribution in [0.2, 0.25) is 0 Å². The Hall–Kier alpha value is -1.89. The second-order valence-corrected chi connectivity index (χ2v) is 8.96. The molecule has 3 rings (SSSR count). The first kappa shape index (κ1) is 19.9. The fourth-order valence-corrected chi connectivity index (χ4v) is 4.76. The maximum atomic E-state index is 12.8. The lowest BCUT2D eigenvalue weighted by molar-refractivity contribution is 0.172. The minimum Gasteiger partial charge on any atom is -0.497 e. The molecule has 0 saturated carbocycles. The summed E-state index contributed by atoms with van der Waals surface area (Å²) in [5.41, 5.74) is 2.55. The molecule has 1 aliphatic heterocycles. The SMILES string of the molecule is CCc1ccc(C2CNCCN2CCS(=O)(=O)c2cccc(OC)c2)cc1. The lowest BCUT2D eigenvalue weighted by atomic mass is 10.0. The third kappa shape index (κ3) is 4.89. The van der Waals surface area contributed by atoms with E-state index in [1.165, 1.54) is 11.1 Å². The van der Waals surface area contributed by atoms with E-state index in [0.29, 0.717) is 17.2 Å². The van der Waals surface area contributed by atoms with Gasteiger partial charge in [-0.05, 0) is 35.7 Å².